The Bertz CT molecular complexity index is 2930. The van der Waals surface area contributed by atoms with Crippen LogP contribution in [0, 0.1) is 0 Å². The van der Waals surface area contributed by atoms with Crippen LogP contribution in [0.4, 0.5) is 17.1 Å². The molecule has 1 aromatic heterocycles. The maximum absolute atomic E-state index is 2.44. The Hall–Kier alpha value is -7.42. The molecule has 10 rings (SSSR count). The summed E-state index contributed by atoms with van der Waals surface area (Å²) < 4.78 is 2.44. The highest BCUT2D eigenvalue weighted by molar-refractivity contribution is 6.16. The lowest BCUT2D eigenvalue weighted by molar-refractivity contribution is 1.18. The lowest BCUT2D eigenvalue weighted by Crippen LogP contribution is -2.10. The van der Waals surface area contributed by atoms with Gasteiger partial charge in [0.1, 0.15) is 0 Å². The molecule has 10 aromatic rings. The van der Waals surface area contributed by atoms with E-state index in [9.17, 15) is 0 Å². The van der Waals surface area contributed by atoms with Gasteiger partial charge in [0, 0.05) is 27.8 Å². The number of anilines is 3. The maximum Gasteiger partial charge on any atom is 0.0562 e. The molecule has 1 heterocycles. The van der Waals surface area contributed by atoms with Gasteiger partial charge in [-0.25, -0.2) is 0 Å². The third-order valence-electron chi connectivity index (χ3n) is 10.8. The predicted octanol–water partition coefficient (Wildman–Crippen LogP) is 14.9. The van der Waals surface area contributed by atoms with E-state index in [1.807, 2.05) is 0 Å². The highest BCUT2D eigenvalue weighted by Crippen LogP contribution is 2.45. The first-order valence-corrected chi connectivity index (χ1v) is 19.2. The van der Waals surface area contributed by atoms with Crippen LogP contribution in [0.3, 0.4) is 0 Å². The third-order valence-corrected chi connectivity index (χ3v) is 10.8. The van der Waals surface area contributed by atoms with Gasteiger partial charge in [0.25, 0.3) is 0 Å². The molecule has 0 saturated heterocycles. The van der Waals surface area contributed by atoms with Crippen molar-refractivity contribution in [2.45, 2.75) is 0 Å². The van der Waals surface area contributed by atoms with E-state index in [2.05, 4.69) is 240 Å². The third kappa shape index (κ3) is 5.95. The Kier molecular flexibility index (Phi) is 8.55. The number of fused-ring (bicyclic) bond motifs is 3. The fraction of sp³-hybridized carbons (Fsp3) is 0. The normalized spacial score (nSPS) is 11.2. The summed E-state index contributed by atoms with van der Waals surface area (Å²) in [5, 5.41) is 2.42. The van der Waals surface area contributed by atoms with Gasteiger partial charge in [-0.3, -0.25) is 0 Å². The monoisotopic (exact) mass is 714 g/mol. The second kappa shape index (κ2) is 14.4. The summed E-state index contributed by atoms with van der Waals surface area (Å²) in [4.78, 5) is 2.40. The minimum atomic E-state index is 1.10. The molecule has 2 heteroatoms. The molecule has 2 nitrogen and oxygen atoms in total. The molecule has 56 heavy (non-hydrogen) atoms. The minimum absolute atomic E-state index is 1.10. The van der Waals surface area contributed by atoms with Gasteiger partial charge >= 0.3 is 0 Å². The molecule has 0 unspecified atom stereocenters. The number of hydrogen-bond acceptors (Lipinski definition) is 1. The number of hydrogen-bond donors (Lipinski definition) is 0. The summed E-state index contributed by atoms with van der Waals surface area (Å²) in [5.41, 5.74) is 16.4. The average Bonchev–Trinajstić information content (AvgIpc) is 3.63. The second-order valence-electron chi connectivity index (χ2n) is 14.1. The summed E-state index contributed by atoms with van der Waals surface area (Å²) in [6.45, 7) is 0. The highest BCUT2D eigenvalue weighted by Gasteiger charge is 2.22. The van der Waals surface area contributed by atoms with Crippen molar-refractivity contribution in [3.63, 3.8) is 0 Å². The molecule has 0 saturated carbocycles. The number of rotatable bonds is 8. The first-order valence-electron chi connectivity index (χ1n) is 19.2. The van der Waals surface area contributed by atoms with Gasteiger partial charge in [0.05, 0.1) is 16.7 Å². The smallest absolute Gasteiger partial charge is 0.0562 e. The number of benzene rings is 9. The first-order chi connectivity index (χ1) is 27.8. The first kappa shape index (κ1) is 33.2. The van der Waals surface area contributed by atoms with E-state index < -0.39 is 0 Å². The van der Waals surface area contributed by atoms with Crippen LogP contribution < -0.4 is 4.90 Å². The Labute approximate surface area is 327 Å². The van der Waals surface area contributed by atoms with Crippen LogP contribution in [0.15, 0.2) is 231 Å². The van der Waals surface area contributed by atoms with Crippen molar-refractivity contribution in [1.82, 2.24) is 4.57 Å². The van der Waals surface area contributed by atoms with Gasteiger partial charge in [0.15, 0.2) is 0 Å². The molecular formula is C54H38N2. The van der Waals surface area contributed by atoms with E-state index in [0.29, 0.717) is 0 Å². The zero-order valence-corrected chi connectivity index (χ0v) is 30.8. The van der Waals surface area contributed by atoms with Crippen molar-refractivity contribution >= 4 is 38.9 Å². The van der Waals surface area contributed by atoms with Gasteiger partial charge in [-0.1, -0.05) is 176 Å². The largest absolute Gasteiger partial charge is 0.310 e. The van der Waals surface area contributed by atoms with Crippen LogP contribution in [0.5, 0.6) is 0 Å². The standard InChI is InChI=1S/C54H38N2/c1-5-18-39(19-6-1)40-32-34-44(35-33-40)55(43-24-11-4-12-25-43)52-30-17-31-53-54(52)49-28-15-16-29-51(49)56(53)45-36-37-48(50(38-45)42-22-9-3-10-23-42)47-27-14-13-26-46(47)41-20-7-2-8-21-41/h1-38H. The van der Waals surface area contributed by atoms with Crippen molar-refractivity contribution < 1.29 is 0 Å². The van der Waals surface area contributed by atoms with Crippen molar-refractivity contribution in [3.05, 3.63) is 231 Å². The van der Waals surface area contributed by atoms with Crippen molar-refractivity contribution in [2.75, 3.05) is 4.90 Å². The maximum atomic E-state index is 2.44. The summed E-state index contributed by atoms with van der Waals surface area (Å²) in [6.07, 6.45) is 0. The number of para-hydroxylation sites is 2. The molecule has 9 aromatic carbocycles. The van der Waals surface area contributed by atoms with E-state index in [4.69, 9.17) is 0 Å². The Morgan fingerprint density at radius 1 is 0.304 bits per heavy atom. The molecule has 0 amide bonds. The molecule has 0 aliphatic heterocycles. The minimum Gasteiger partial charge on any atom is -0.310 e. The van der Waals surface area contributed by atoms with Crippen LogP contribution in [0.2, 0.25) is 0 Å². The van der Waals surface area contributed by atoms with Gasteiger partial charge in [0.2, 0.25) is 0 Å². The molecule has 0 fully saturated rings. The summed E-state index contributed by atoms with van der Waals surface area (Å²) in [6, 6.07) is 83.0. The Morgan fingerprint density at radius 2 is 0.804 bits per heavy atom. The number of aromatic nitrogens is 1. The van der Waals surface area contributed by atoms with Crippen molar-refractivity contribution in [3.8, 4) is 50.2 Å². The Morgan fingerprint density at radius 3 is 1.50 bits per heavy atom. The van der Waals surface area contributed by atoms with Crippen LogP contribution in [-0.4, -0.2) is 4.57 Å². The van der Waals surface area contributed by atoms with Crippen LogP contribution in [0.1, 0.15) is 0 Å². The molecule has 0 spiro atoms. The lowest BCUT2D eigenvalue weighted by Gasteiger charge is -2.26. The van der Waals surface area contributed by atoms with E-state index in [-0.39, 0.29) is 0 Å². The van der Waals surface area contributed by atoms with E-state index in [1.165, 1.54) is 60.8 Å². The summed E-state index contributed by atoms with van der Waals surface area (Å²) in [5.74, 6) is 0. The quantitative estimate of drug-likeness (QED) is 0.152. The Balaban J connectivity index is 1.18. The molecule has 0 aliphatic carbocycles. The highest BCUT2D eigenvalue weighted by atomic mass is 15.1. The van der Waals surface area contributed by atoms with Crippen molar-refractivity contribution in [1.29, 1.82) is 0 Å². The lowest BCUT2D eigenvalue weighted by atomic mass is 9.89. The average molecular weight is 715 g/mol. The van der Waals surface area contributed by atoms with Crippen LogP contribution in [0.25, 0.3) is 72.0 Å². The molecule has 0 N–H and O–H groups in total. The molecule has 0 atom stereocenters. The molecular weight excluding hydrogens is 677 g/mol. The van der Waals surface area contributed by atoms with E-state index in [1.54, 1.807) is 0 Å². The fourth-order valence-electron chi connectivity index (χ4n) is 8.25. The SMILES string of the molecule is c1ccc(-c2ccc(N(c3ccccc3)c3cccc4c3c3ccccc3n4-c3ccc(-c4ccccc4-c4ccccc4)c(-c4ccccc4)c3)cc2)cc1. The zero-order valence-electron chi connectivity index (χ0n) is 30.8. The second-order valence-corrected chi connectivity index (χ2v) is 14.1. The van der Waals surface area contributed by atoms with Crippen LogP contribution >= 0.6 is 0 Å². The van der Waals surface area contributed by atoms with E-state index in [0.717, 1.165) is 28.3 Å². The van der Waals surface area contributed by atoms with Crippen molar-refractivity contribution in [2.24, 2.45) is 0 Å². The predicted molar refractivity (Wildman–Crippen MR) is 237 cm³/mol. The topological polar surface area (TPSA) is 8.17 Å². The van der Waals surface area contributed by atoms with Gasteiger partial charge in [-0.2, -0.15) is 0 Å². The number of nitrogens with zero attached hydrogens (tertiary/aromatic N) is 2. The zero-order chi connectivity index (χ0) is 37.3. The van der Waals surface area contributed by atoms with Gasteiger partial charge < -0.3 is 9.47 Å². The van der Waals surface area contributed by atoms with Gasteiger partial charge in [-0.05, 0) is 99.1 Å². The van der Waals surface area contributed by atoms with E-state index >= 15 is 0 Å². The molecule has 0 aliphatic rings. The van der Waals surface area contributed by atoms with Crippen LogP contribution in [-0.2, 0) is 0 Å². The molecule has 0 radical (unpaired) electrons. The summed E-state index contributed by atoms with van der Waals surface area (Å²) in [7, 11) is 0. The molecule has 0 bridgehead atoms. The summed E-state index contributed by atoms with van der Waals surface area (Å²) >= 11 is 0. The molecule has 264 valence electrons. The fourth-order valence-corrected chi connectivity index (χ4v) is 8.25. The van der Waals surface area contributed by atoms with Gasteiger partial charge in [-0.15, -0.1) is 0 Å².